The molecule has 2 aromatic heterocycles. The molecule has 0 aliphatic carbocycles. The fourth-order valence-electron chi connectivity index (χ4n) is 2.73. The van der Waals surface area contributed by atoms with Gasteiger partial charge in [-0.25, -0.2) is 9.78 Å². The van der Waals surface area contributed by atoms with E-state index < -0.39 is 0 Å². The van der Waals surface area contributed by atoms with Crippen molar-refractivity contribution in [3.63, 3.8) is 0 Å². The van der Waals surface area contributed by atoms with E-state index in [1.54, 1.807) is 23.7 Å². The van der Waals surface area contributed by atoms with Gasteiger partial charge in [0.1, 0.15) is 5.82 Å². The second kappa shape index (κ2) is 8.05. The van der Waals surface area contributed by atoms with Gasteiger partial charge in [0.2, 0.25) is 0 Å². The number of hydrogen-bond acceptors (Lipinski definition) is 6. The quantitative estimate of drug-likeness (QED) is 0.868. The number of nitrogens with zero attached hydrogens (tertiary/aromatic N) is 4. The van der Waals surface area contributed by atoms with Crippen molar-refractivity contribution >= 4 is 23.2 Å². The third-order valence-corrected chi connectivity index (χ3v) is 5.15. The number of nitrogens with one attached hydrogen (secondary N) is 2. The van der Waals surface area contributed by atoms with Crippen molar-refractivity contribution < 1.29 is 4.79 Å². The molecule has 1 aliphatic heterocycles. The van der Waals surface area contributed by atoms with Gasteiger partial charge in [-0.3, -0.25) is 0 Å². The van der Waals surface area contributed by atoms with Crippen LogP contribution in [-0.2, 0) is 0 Å². The summed E-state index contributed by atoms with van der Waals surface area (Å²) in [7, 11) is 0. The van der Waals surface area contributed by atoms with Crippen molar-refractivity contribution in [2.45, 2.75) is 31.7 Å². The van der Waals surface area contributed by atoms with Gasteiger partial charge in [0, 0.05) is 49.4 Å². The van der Waals surface area contributed by atoms with Gasteiger partial charge in [-0.05, 0) is 25.0 Å². The standard InChI is InChI=1S/C16H22N6OS/c1-12(15-17-7-10-24-15)11-18-16(23)22-8-4-13(5-9-22)20-14-3-2-6-19-21-14/h2-3,6-7,10,12-13H,4-5,8-9,11H2,1H3,(H,18,23)(H,20,21)/t12-/m0/s1. The predicted octanol–water partition coefficient (Wildman–Crippen LogP) is 2.32. The molecule has 0 bridgehead atoms. The fourth-order valence-corrected chi connectivity index (χ4v) is 3.43. The number of hydrogen-bond donors (Lipinski definition) is 2. The summed E-state index contributed by atoms with van der Waals surface area (Å²) in [5, 5.41) is 17.3. The Morgan fingerprint density at radius 2 is 2.25 bits per heavy atom. The highest BCUT2D eigenvalue weighted by molar-refractivity contribution is 7.09. The number of carbonyl (C=O) groups excluding carboxylic acids is 1. The minimum Gasteiger partial charge on any atom is -0.366 e. The molecule has 3 heterocycles. The van der Waals surface area contributed by atoms with Crippen LogP contribution in [0.1, 0.15) is 30.7 Å². The number of thiazole rings is 1. The van der Waals surface area contributed by atoms with E-state index in [1.165, 1.54) is 0 Å². The van der Waals surface area contributed by atoms with Gasteiger partial charge < -0.3 is 15.5 Å². The molecular weight excluding hydrogens is 324 g/mol. The lowest BCUT2D eigenvalue weighted by Crippen LogP contribution is -2.47. The average molecular weight is 346 g/mol. The first-order valence-electron chi connectivity index (χ1n) is 8.19. The molecule has 0 spiro atoms. The second-order valence-corrected chi connectivity index (χ2v) is 6.90. The highest BCUT2D eigenvalue weighted by Crippen LogP contribution is 2.17. The normalized spacial score (nSPS) is 16.6. The zero-order valence-electron chi connectivity index (χ0n) is 13.7. The summed E-state index contributed by atoms with van der Waals surface area (Å²) in [6, 6.07) is 4.12. The zero-order chi connectivity index (χ0) is 16.8. The minimum atomic E-state index is 0.0105. The molecule has 128 valence electrons. The summed E-state index contributed by atoms with van der Waals surface area (Å²) in [6.07, 6.45) is 5.27. The molecule has 8 heteroatoms. The summed E-state index contributed by atoms with van der Waals surface area (Å²) >= 11 is 1.62. The lowest BCUT2D eigenvalue weighted by Gasteiger charge is -2.32. The number of rotatable bonds is 5. The van der Waals surface area contributed by atoms with E-state index in [1.807, 2.05) is 22.4 Å². The van der Waals surface area contributed by atoms with Crippen LogP contribution in [0.2, 0.25) is 0 Å². The SMILES string of the molecule is C[C@@H](CNC(=O)N1CCC(Nc2cccnn2)CC1)c1nccs1. The third kappa shape index (κ3) is 4.41. The first-order valence-corrected chi connectivity index (χ1v) is 9.06. The van der Waals surface area contributed by atoms with E-state index in [0.29, 0.717) is 12.6 Å². The number of anilines is 1. The molecule has 1 aliphatic rings. The largest absolute Gasteiger partial charge is 0.366 e. The molecule has 24 heavy (non-hydrogen) atoms. The Morgan fingerprint density at radius 3 is 2.92 bits per heavy atom. The van der Waals surface area contributed by atoms with E-state index in [9.17, 15) is 4.79 Å². The molecule has 1 fully saturated rings. The molecule has 2 amide bonds. The van der Waals surface area contributed by atoms with Crippen LogP contribution in [-0.4, -0.2) is 51.8 Å². The average Bonchev–Trinajstić information content (AvgIpc) is 3.16. The summed E-state index contributed by atoms with van der Waals surface area (Å²) < 4.78 is 0. The van der Waals surface area contributed by atoms with Crippen molar-refractivity contribution in [3.8, 4) is 0 Å². The Bertz CT molecular complexity index is 627. The molecule has 2 aromatic rings. The summed E-state index contributed by atoms with van der Waals surface area (Å²) in [5.74, 6) is 1.03. The minimum absolute atomic E-state index is 0.0105. The first-order chi connectivity index (χ1) is 11.7. The van der Waals surface area contributed by atoms with Crippen LogP contribution in [0.15, 0.2) is 29.9 Å². The Hall–Kier alpha value is -2.22. The topological polar surface area (TPSA) is 83.0 Å². The second-order valence-electron chi connectivity index (χ2n) is 5.97. The van der Waals surface area contributed by atoms with E-state index in [4.69, 9.17) is 0 Å². The number of aromatic nitrogens is 3. The highest BCUT2D eigenvalue weighted by Gasteiger charge is 2.23. The zero-order valence-corrected chi connectivity index (χ0v) is 14.5. The lowest BCUT2D eigenvalue weighted by atomic mass is 10.1. The van der Waals surface area contributed by atoms with E-state index in [0.717, 1.165) is 36.8 Å². The van der Waals surface area contributed by atoms with Gasteiger partial charge in [-0.2, -0.15) is 5.10 Å². The molecule has 0 unspecified atom stereocenters. The Morgan fingerprint density at radius 1 is 1.42 bits per heavy atom. The molecule has 1 saturated heterocycles. The fraction of sp³-hybridized carbons (Fsp3) is 0.500. The van der Waals surface area contributed by atoms with Gasteiger partial charge in [-0.15, -0.1) is 16.4 Å². The van der Waals surface area contributed by atoms with Gasteiger partial charge in [-0.1, -0.05) is 6.92 Å². The van der Waals surface area contributed by atoms with E-state index in [2.05, 4.69) is 32.7 Å². The van der Waals surface area contributed by atoms with Gasteiger partial charge >= 0.3 is 6.03 Å². The van der Waals surface area contributed by atoms with Crippen LogP contribution >= 0.6 is 11.3 Å². The predicted molar refractivity (Wildman–Crippen MR) is 94.2 cm³/mol. The monoisotopic (exact) mass is 346 g/mol. The number of urea groups is 1. The third-order valence-electron chi connectivity index (χ3n) is 4.14. The van der Waals surface area contributed by atoms with E-state index in [-0.39, 0.29) is 11.9 Å². The molecule has 1 atom stereocenters. The molecule has 7 nitrogen and oxygen atoms in total. The van der Waals surface area contributed by atoms with Crippen molar-refractivity contribution in [1.29, 1.82) is 0 Å². The molecule has 0 saturated carbocycles. The number of carbonyl (C=O) groups is 1. The number of piperidine rings is 1. The summed E-state index contributed by atoms with van der Waals surface area (Å²) in [6.45, 7) is 4.19. The lowest BCUT2D eigenvalue weighted by molar-refractivity contribution is 0.183. The van der Waals surface area contributed by atoms with Crippen molar-refractivity contribution in [2.24, 2.45) is 0 Å². The van der Waals surface area contributed by atoms with Crippen LogP contribution in [0.4, 0.5) is 10.6 Å². The number of amides is 2. The van der Waals surface area contributed by atoms with Crippen LogP contribution in [0.25, 0.3) is 0 Å². The van der Waals surface area contributed by atoms with Gasteiger partial charge in [0.05, 0.1) is 5.01 Å². The number of likely N-dealkylation sites (tertiary alicyclic amines) is 1. The van der Waals surface area contributed by atoms with Crippen molar-refractivity contribution in [1.82, 2.24) is 25.4 Å². The highest BCUT2D eigenvalue weighted by atomic mass is 32.1. The van der Waals surface area contributed by atoms with Crippen molar-refractivity contribution in [3.05, 3.63) is 34.9 Å². The van der Waals surface area contributed by atoms with Crippen LogP contribution < -0.4 is 10.6 Å². The Kier molecular flexibility index (Phi) is 5.58. The van der Waals surface area contributed by atoms with Crippen LogP contribution in [0, 0.1) is 0 Å². The molecule has 0 radical (unpaired) electrons. The van der Waals surface area contributed by atoms with Gasteiger partial charge in [0.15, 0.2) is 0 Å². The first kappa shape index (κ1) is 16.6. The maximum absolute atomic E-state index is 12.3. The van der Waals surface area contributed by atoms with E-state index >= 15 is 0 Å². The van der Waals surface area contributed by atoms with Crippen LogP contribution in [0.5, 0.6) is 0 Å². The maximum atomic E-state index is 12.3. The van der Waals surface area contributed by atoms with Crippen molar-refractivity contribution in [2.75, 3.05) is 25.0 Å². The Labute approximate surface area is 145 Å². The summed E-state index contributed by atoms with van der Waals surface area (Å²) in [5.41, 5.74) is 0. The summed E-state index contributed by atoms with van der Waals surface area (Å²) in [4.78, 5) is 18.5. The molecular formula is C16H22N6OS. The molecule has 2 N–H and O–H groups in total. The smallest absolute Gasteiger partial charge is 0.317 e. The molecule has 0 aromatic carbocycles. The van der Waals surface area contributed by atoms with Gasteiger partial charge in [0.25, 0.3) is 0 Å². The Balaban J connectivity index is 1.40. The molecule has 3 rings (SSSR count). The van der Waals surface area contributed by atoms with Crippen LogP contribution in [0.3, 0.4) is 0 Å². The maximum Gasteiger partial charge on any atom is 0.317 e.